The van der Waals surface area contributed by atoms with E-state index in [2.05, 4.69) is 36.3 Å². The van der Waals surface area contributed by atoms with Crippen molar-refractivity contribution in [3.63, 3.8) is 0 Å². The van der Waals surface area contributed by atoms with Crippen LogP contribution in [-0.2, 0) is 6.42 Å². The van der Waals surface area contributed by atoms with Crippen LogP contribution in [0.5, 0.6) is 0 Å². The minimum absolute atomic E-state index is 0.224. The highest BCUT2D eigenvalue weighted by Crippen LogP contribution is 2.18. The second kappa shape index (κ2) is 7.59. The molecule has 3 N–H and O–H groups in total. The van der Waals surface area contributed by atoms with Gasteiger partial charge in [-0.1, -0.05) is 38.1 Å². The molecule has 0 saturated carbocycles. The molecule has 0 atom stereocenters. The zero-order valence-corrected chi connectivity index (χ0v) is 13.0. The predicted octanol–water partition coefficient (Wildman–Crippen LogP) is 3.92. The molecule has 116 valence electrons. The number of nitrogens with one attached hydrogen (secondary N) is 1. The van der Waals surface area contributed by atoms with E-state index >= 15 is 0 Å². The lowest BCUT2D eigenvalue weighted by molar-refractivity contribution is 0.625. The number of aliphatic imine (C=N–C) groups is 1. The number of guanidine groups is 1. The summed E-state index contributed by atoms with van der Waals surface area (Å²) in [4.78, 5) is 4.28. The van der Waals surface area contributed by atoms with Gasteiger partial charge in [0.1, 0.15) is 5.82 Å². The Balaban J connectivity index is 1.91. The van der Waals surface area contributed by atoms with Gasteiger partial charge >= 0.3 is 0 Å². The first-order valence-corrected chi connectivity index (χ1v) is 7.46. The molecule has 2 rings (SSSR count). The van der Waals surface area contributed by atoms with Crippen LogP contribution in [0.25, 0.3) is 0 Å². The Hall–Kier alpha value is -2.36. The minimum Gasteiger partial charge on any atom is -0.370 e. The molecule has 0 saturated heterocycles. The Kier molecular flexibility index (Phi) is 5.53. The SMILES string of the molecule is CC(C)c1cccc(NC(N)=NCCc2cccc(F)c2)c1. The number of hydrogen-bond acceptors (Lipinski definition) is 1. The van der Waals surface area contributed by atoms with Crippen molar-refractivity contribution in [2.45, 2.75) is 26.2 Å². The van der Waals surface area contributed by atoms with Crippen LogP contribution in [0.4, 0.5) is 10.1 Å². The van der Waals surface area contributed by atoms with Crippen LogP contribution < -0.4 is 11.1 Å². The number of nitrogens with zero attached hydrogens (tertiary/aromatic N) is 1. The van der Waals surface area contributed by atoms with Gasteiger partial charge in [0.05, 0.1) is 0 Å². The first-order chi connectivity index (χ1) is 10.5. The fourth-order valence-electron chi connectivity index (χ4n) is 2.16. The van der Waals surface area contributed by atoms with Crippen LogP contribution in [0.15, 0.2) is 53.5 Å². The first-order valence-electron chi connectivity index (χ1n) is 7.46. The molecule has 2 aromatic rings. The number of nitrogens with two attached hydrogens (primary N) is 1. The van der Waals surface area contributed by atoms with Crippen LogP contribution in [-0.4, -0.2) is 12.5 Å². The van der Waals surface area contributed by atoms with Gasteiger partial charge in [-0.15, -0.1) is 0 Å². The van der Waals surface area contributed by atoms with Crippen molar-refractivity contribution in [3.8, 4) is 0 Å². The van der Waals surface area contributed by atoms with E-state index in [0.29, 0.717) is 24.8 Å². The van der Waals surface area contributed by atoms with Gasteiger partial charge in [0.15, 0.2) is 5.96 Å². The van der Waals surface area contributed by atoms with E-state index in [4.69, 9.17) is 5.73 Å². The van der Waals surface area contributed by atoms with Gasteiger partial charge in [-0.25, -0.2) is 4.39 Å². The summed E-state index contributed by atoms with van der Waals surface area (Å²) in [5.41, 5.74) is 8.98. The Morgan fingerprint density at radius 2 is 1.95 bits per heavy atom. The van der Waals surface area contributed by atoms with Gasteiger partial charge in [0.2, 0.25) is 0 Å². The largest absolute Gasteiger partial charge is 0.370 e. The highest BCUT2D eigenvalue weighted by atomic mass is 19.1. The smallest absolute Gasteiger partial charge is 0.193 e. The zero-order valence-electron chi connectivity index (χ0n) is 13.0. The molecule has 0 aliphatic rings. The maximum absolute atomic E-state index is 13.1. The Bertz CT molecular complexity index is 650. The summed E-state index contributed by atoms with van der Waals surface area (Å²) in [5.74, 6) is 0.614. The predicted molar refractivity (Wildman–Crippen MR) is 90.7 cm³/mol. The van der Waals surface area contributed by atoms with Gasteiger partial charge in [-0.2, -0.15) is 0 Å². The maximum atomic E-state index is 13.1. The summed E-state index contributed by atoms with van der Waals surface area (Å²) in [7, 11) is 0. The highest BCUT2D eigenvalue weighted by Gasteiger charge is 2.01. The quantitative estimate of drug-likeness (QED) is 0.649. The van der Waals surface area contributed by atoms with E-state index in [0.717, 1.165) is 11.3 Å². The van der Waals surface area contributed by atoms with Crippen LogP contribution in [0.3, 0.4) is 0 Å². The molecule has 0 aliphatic heterocycles. The third-order valence-corrected chi connectivity index (χ3v) is 3.40. The monoisotopic (exact) mass is 299 g/mol. The Morgan fingerprint density at radius 3 is 2.68 bits per heavy atom. The fraction of sp³-hybridized carbons (Fsp3) is 0.278. The molecule has 0 bridgehead atoms. The summed E-state index contributed by atoms with van der Waals surface area (Å²) in [6.07, 6.45) is 0.659. The van der Waals surface area contributed by atoms with Crippen molar-refractivity contribution in [1.29, 1.82) is 0 Å². The van der Waals surface area contributed by atoms with Crippen LogP contribution in [0.2, 0.25) is 0 Å². The average molecular weight is 299 g/mol. The van der Waals surface area contributed by atoms with E-state index in [1.165, 1.54) is 17.7 Å². The minimum atomic E-state index is -0.224. The molecule has 0 aliphatic carbocycles. The Morgan fingerprint density at radius 1 is 1.18 bits per heavy atom. The van der Waals surface area contributed by atoms with E-state index in [1.807, 2.05) is 18.2 Å². The van der Waals surface area contributed by atoms with Crippen molar-refractivity contribution in [2.24, 2.45) is 10.7 Å². The average Bonchev–Trinajstić information content (AvgIpc) is 2.47. The molecular weight excluding hydrogens is 277 g/mol. The van der Waals surface area contributed by atoms with Gasteiger partial charge in [0.25, 0.3) is 0 Å². The lowest BCUT2D eigenvalue weighted by Crippen LogP contribution is -2.23. The van der Waals surface area contributed by atoms with E-state index in [-0.39, 0.29) is 5.82 Å². The normalized spacial score (nSPS) is 11.7. The molecule has 0 fully saturated rings. The highest BCUT2D eigenvalue weighted by molar-refractivity contribution is 5.92. The van der Waals surface area contributed by atoms with Crippen molar-refractivity contribution in [2.75, 3.05) is 11.9 Å². The summed E-state index contributed by atoms with van der Waals surface area (Å²) in [6, 6.07) is 14.7. The standard InChI is InChI=1S/C18H22FN3/c1-13(2)15-6-4-8-17(12-15)22-18(20)21-10-9-14-5-3-7-16(19)11-14/h3-8,11-13H,9-10H2,1-2H3,(H3,20,21,22). The van der Waals surface area contributed by atoms with Gasteiger partial charge in [-0.05, 0) is 47.7 Å². The first kappa shape index (κ1) is 16.0. The third-order valence-electron chi connectivity index (χ3n) is 3.40. The van der Waals surface area contributed by atoms with Crippen molar-refractivity contribution < 1.29 is 4.39 Å². The molecule has 0 amide bonds. The molecule has 0 spiro atoms. The molecule has 4 heteroatoms. The summed E-state index contributed by atoms with van der Waals surface area (Å²) in [5, 5.41) is 3.09. The second-order valence-corrected chi connectivity index (χ2v) is 5.55. The van der Waals surface area contributed by atoms with Crippen LogP contribution in [0, 0.1) is 5.82 Å². The fourth-order valence-corrected chi connectivity index (χ4v) is 2.16. The van der Waals surface area contributed by atoms with Gasteiger partial charge < -0.3 is 11.1 Å². The number of rotatable bonds is 5. The third kappa shape index (κ3) is 4.88. The maximum Gasteiger partial charge on any atom is 0.193 e. The number of anilines is 1. The number of benzene rings is 2. The Labute approximate surface area is 131 Å². The second-order valence-electron chi connectivity index (χ2n) is 5.55. The molecule has 3 nitrogen and oxygen atoms in total. The van der Waals surface area contributed by atoms with Crippen molar-refractivity contribution in [1.82, 2.24) is 0 Å². The molecule has 0 aromatic heterocycles. The molecule has 0 heterocycles. The van der Waals surface area contributed by atoms with Gasteiger partial charge in [-0.3, -0.25) is 4.99 Å². The lowest BCUT2D eigenvalue weighted by atomic mass is 10.0. The van der Waals surface area contributed by atoms with Crippen molar-refractivity contribution in [3.05, 3.63) is 65.5 Å². The molecule has 0 unspecified atom stereocenters. The van der Waals surface area contributed by atoms with E-state index in [9.17, 15) is 4.39 Å². The molecule has 22 heavy (non-hydrogen) atoms. The van der Waals surface area contributed by atoms with E-state index in [1.54, 1.807) is 6.07 Å². The number of hydrogen-bond donors (Lipinski definition) is 2. The topological polar surface area (TPSA) is 50.4 Å². The zero-order chi connectivity index (χ0) is 15.9. The molecular formula is C18H22FN3. The molecule has 2 aromatic carbocycles. The summed E-state index contributed by atoms with van der Waals surface area (Å²) < 4.78 is 13.1. The molecule has 0 radical (unpaired) electrons. The summed E-state index contributed by atoms with van der Waals surface area (Å²) >= 11 is 0. The van der Waals surface area contributed by atoms with Crippen LogP contribution in [0.1, 0.15) is 30.9 Å². The van der Waals surface area contributed by atoms with Crippen molar-refractivity contribution >= 4 is 11.6 Å². The number of halogens is 1. The summed E-state index contributed by atoms with van der Waals surface area (Å²) in [6.45, 7) is 4.82. The van der Waals surface area contributed by atoms with Gasteiger partial charge in [0, 0.05) is 12.2 Å². The van der Waals surface area contributed by atoms with Crippen LogP contribution >= 0.6 is 0 Å². The lowest BCUT2D eigenvalue weighted by Gasteiger charge is -2.10. The van der Waals surface area contributed by atoms with E-state index < -0.39 is 0 Å².